The second-order valence-corrected chi connectivity index (χ2v) is 8.05. The molecule has 0 heterocycles. The molecule has 0 saturated heterocycles. The fraction of sp³-hybridized carbons (Fsp3) is 0.647. The molecule has 0 bridgehead atoms. The highest BCUT2D eigenvalue weighted by Crippen LogP contribution is 2.72. The summed E-state index contributed by atoms with van der Waals surface area (Å²) in [7, 11) is 1.73. The van der Waals surface area contributed by atoms with Crippen LogP contribution in [0.3, 0.4) is 0 Å². The lowest BCUT2D eigenvalue weighted by Gasteiger charge is -2.22. The molecule has 1 aromatic rings. The van der Waals surface area contributed by atoms with Crippen molar-refractivity contribution in [2.45, 2.75) is 47.6 Å². The third-order valence-corrected chi connectivity index (χ3v) is 6.56. The third-order valence-electron chi connectivity index (χ3n) is 5.74. The SMILES string of the molecule is COc1c(C)cc(Br)c(C)c1C(N)C1C(C)(C)C1(C)C. The fourth-order valence-corrected chi connectivity index (χ4v) is 4.42. The number of nitrogens with two attached hydrogens (primary N) is 1. The highest BCUT2D eigenvalue weighted by atomic mass is 79.9. The molecule has 1 aliphatic rings. The summed E-state index contributed by atoms with van der Waals surface area (Å²) in [5, 5.41) is 0. The van der Waals surface area contributed by atoms with Gasteiger partial charge in [0.25, 0.3) is 0 Å². The zero-order valence-electron chi connectivity index (χ0n) is 13.6. The van der Waals surface area contributed by atoms with Crippen LogP contribution >= 0.6 is 15.9 Å². The van der Waals surface area contributed by atoms with Crippen molar-refractivity contribution in [2.24, 2.45) is 22.5 Å². The molecular weight excluding hydrogens is 314 g/mol. The van der Waals surface area contributed by atoms with E-state index < -0.39 is 0 Å². The minimum absolute atomic E-state index is 0.00569. The first-order chi connectivity index (χ1) is 9.07. The first kappa shape index (κ1) is 15.8. The van der Waals surface area contributed by atoms with Gasteiger partial charge in [0.05, 0.1) is 7.11 Å². The third kappa shape index (κ3) is 2.01. The van der Waals surface area contributed by atoms with Gasteiger partial charge in [-0.25, -0.2) is 0 Å². The average molecular weight is 340 g/mol. The largest absolute Gasteiger partial charge is 0.496 e. The Morgan fingerprint density at radius 2 is 1.70 bits per heavy atom. The van der Waals surface area contributed by atoms with Crippen molar-refractivity contribution in [1.82, 2.24) is 0 Å². The zero-order valence-corrected chi connectivity index (χ0v) is 15.2. The second kappa shape index (κ2) is 4.74. The molecule has 0 spiro atoms. The van der Waals surface area contributed by atoms with E-state index in [1.807, 2.05) is 0 Å². The molecule has 1 fully saturated rings. The Morgan fingerprint density at radius 1 is 1.20 bits per heavy atom. The van der Waals surface area contributed by atoms with Crippen LogP contribution in [0.5, 0.6) is 5.75 Å². The maximum atomic E-state index is 6.67. The van der Waals surface area contributed by atoms with E-state index >= 15 is 0 Å². The molecule has 2 nitrogen and oxygen atoms in total. The van der Waals surface area contributed by atoms with Crippen LogP contribution in [0.2, 0.25) is 0 Å². The van der Waals surface area contributed by atoms with Crippen molar-refractivity contribution in [1.29, 1.82) is 0 Å². The van der Waals surface area contributed by atoms with Crippen molar-refractivity contribution in [2.75, 3.05) is 7.11 Å². The quantitative estimate of drug-likeness (QED) is 0.861. The van der Waals surface area contributed by atoms with Gasteiger partial charge in [-0.1, -0.05) is 43.6 Å². The minimum atomic E-state index is 0.00569. The molecule has 112 valence electrons. The number of hydrogen-bond acceptors (Lipinski definition) is 2. The molecule has 3 heteroatoms. The fourth-order valence-electron chi connectivity index (χ4n) is 3.86. The number of ether oxygens (including phenoxy) is 1. The Hall–Kier alpha value is -0.540. The van der Waals surface area contributed by atoms with Crippen molar-refractivity contribution in [3.63, 3.8) is 0 Å². The molecule has 0 amide bonds. The monoisotopic (exact) mass is 339 g/mol. The van der Waals surface area contributed by atoms with Gasteiger partial charge in [-0.15, -0.1) is 0 Å². The van der Waals surface area contributed by atoms with Crippen LogP contribution in [0.1, 0.15) is 50.4 Å². The zero-order chi connectivity index (χ0) is 15.5. The maximum absolute atomic E-state index is 6.67. The van der Waals surface area contributed by atoms with Crippen LogP contribution in [0.25, 0.3) is 0 Å². The number of benzene rings is 1. The van der Waals surface area contributed by atoms with Crippen molar-refractivity contribution < 1.29 is 4.74 Å². The molecule has 0 aliphatic heterocycles. The lowest BCUT2D eigenvalue weighted by Crippen LogP contribution is -2.19. The van der Waals surface area contributed by atoms with E-state index in [1.165, 1.54) is 5.56 Å². The molecule has 2 rings (SSSR count). The van der Waals surface area contributed by atoms with Crippen LogP contribution in [0.15, 0.2) is 10.5 Å². The van der Waals surface area contributed by atoms with E-state index in [0.717, 1.165) is 21.3 Å². The summed E-state index contributed by atoms with van der Waals surface area (Å²) in [4.78, 5) is 0. The van der Waals surface area contributed by atoms with E-state index in [0.29, 0.717) is 5.92 Å². The molecular formula is C17H26BrNO. The Kier molecular flexibility index (Phi) is 3.75. The molecule has 0 radical (unpaired) electrons. The van der Waals surface area contributed by atoms with Crippen LogP contribution in [0.4, 0.5) is 0 Å². The maximum Gasteiger partial charge on any atom is 0.126 e. The first-order valence-electron chi connectivity index (χ1n) is 7.16. The van der Waals surface area contributed by atoms with Gasteiger partial charge >= 0.3 is 0 Å². The Balaban J connectivity index is 2.54. The number of rotatable bonds is 3. The van der Waals surface area contributed by atoms with Crippen molar-refractivity contribution >= 4 is 15.9 Å². The lowest BCUT2D eigenvalue weighted by molar-refractivity contribution is 0.392. The molecule has 1 saturated carbocycles. The van der Waals surface area contributed by atoms with Gasteiger partial charge in [-0.3, -0.25) is 0 Å². The second-order valence-electron chi connectivity index (χ2n) is 7.19. The topological polar surface area (TPSA) is 35.2 Å². The molecule has 1 aliphatic carbocycles. The average Bonchev–Trinajstić information content (AvgIpc) is 2.73. The van der Waals surface area contributed by atoms with E-state index in [-0.39, 0.29) is 16.9 Å². The predicted octanol–water partition coefficient (Wildman–Crippen LogP) is 4.76. The van der Waals surface area contributed by atoms with Gasteiger partial charge in [0.1, 0.15) is 5.75 Å². The lowest BCUT2D eigenvalue weighted by atomic mass is 9.91. The summed E-state index contributed by atoms with van der Waals surface area (Å²) in [5.41, 5.74) is 10.7. The van der Waals surface area contributed by atoms with E-state index in [4.69, 9.17) is 10.5 Å². The van der Waals surface area contributed by atoms with Gasteiger partial charge in [-0.2, -0.15) is 0 Å². The van der Waals surface area contributed by atoms with Crippen LogP contribution in [0, 0.1) is 30.6 Å². The van der Waals surface area contributed by atoms with Crippen LogP contribution < -0.4 is 10.5 Å². The Morgan fingerprint density at radius 3 is 2.10 bits per heavy atom. The number of hydrogen-bond donors (Lipinski definition) is 1. The minimum Gasteiger partial charge on any atom is -0.496 e. The van der Waals surface area contributed by atoms with E-state index in [2.05, 4.69) is 63.5 Å². The highest BCUT2D eigenvalue weighted by molar-refractivity contribution is 9.10. The normalized spacial score (nSPS) is 21.6. The molecule has 20 heavy (non-hydrogen) atoms. The summed E-state index contributed by atoms with van der Waals surface area (Å²) < 4.78 is 6.76. The summed E-state index contributed by atoms with van der Waals surface area (Å²) in [6.45, 7) is 13.4. The molecule has 2 N–H and O–H groups in total. The molecule has 0 aromatic heterocycles. The summed E-state index contributed by atoms with van der Waals surface area (Å²) in [5.74, 6) is 1.41. The van der Waals surface area contributed by atoms with Gasteiger partial charge in [0.15, 0.2) is 0 Å². The Labute approximate surface area is 131 Å². The van der Waals surface area contributed by atoms with Crippen molar-refractivity contribution in [3.05, 3.63) is 27.2 Å². The van der Waals surface area contributed by atoms with Crippen LogP contribution in [-0.2, 0) is 0 Å². The number of halogens is 1. The summed E-state index contributed by atoms with van der Waals surface area (Å²) in [6.07, 6.45) is 0. The van der Waals surface area contributed by atoms with Crippen LogP contribution in [-0.4, -0.2) is 7.11 Å². The Bertz CT molecular complexity index is 534. The smallest absolute Gasteiger partial charge is 0.126 e. The number of aryl methyl sites for hydroxylation is 1. The van der Waals surface area contributed by atoms with E-state index in [1.54, 1.807) is 7.11 Å². The van der Waals surface area contributed by atoms with Gasteiger partial charge in [-0.05, 0) is 47.8 Å². The van der Waals surface area contributed by atoms with E-state index in [9.17, 15) is 0 Å². The molecule has 1 aromatic carbocycles. The number of methoxy groups -OCH3 is 1. The van der Waals surface area contributed by atoms with Gasteiger partial charge in [0.2, 0.25) is 0 Å². The van der Waals surface area contributed by atoms with Crippen molar-refractivity contribution in [3.8, 4) is 5.75 Å². The summed E-state index contributed by atoms with van der Waals surface area (Å²) >= 11 is 3.64. The van der Waals surface area contributed by atoms with Gasteiger partial charge < -0.3 is 10.5 Å². The molecule has 1 unspecified atom stereocenters. The predicted molar refractivity (Wildman–Crippen MR) is 88.1 cm³/mol. The highest BCUT2D eigenvalue weighted by Gasteiger charge is 2.67. The summed E-state index contributed by atoms with van der Waals surface area (Å²) in [6, 6.07) is 2.11. The standard InChI is InChI=1S/C17H26BrNO/c1-9-8-11(18)10(2)12(14(9)20-7)13(19)15-16(3,4)17(15,5)6/h8,13,15H,19H2,1-7H3. The molecule has 1 atom stereocenters. The van der Waals surface area contributed by atoms with Gasteiger partial charge in [0, 0.05) is 16.1 Å². The first-order valence-corrected chi connectivity index (χ1v) is 7.95.